The number of hydrogen-bond acceptors (Lipinski definition) is 6. The minimum absolute atomic E-state index is 0.174. The molecule has 1 aliphatic rings. The number of nitriles is 1. The second-order valence-corrected chi connectivity index (χ2v) is 9.50. The van der Waals surface area contributed by atoms with Crippen LogP contribution in [0.5, 0.6) is 11.5 Å². The van der Waals surface area contributed by atoms with E-state index in [1.54, 1.807) is 43.5 Å². The first-order chi connectivity index (χ1) is 18.7. The molecule has 0 saturated carbocycles. The summed E-state index contributed by atoms with van der Waals surface area (Å²) in [5.41, 5.74) is 3.02. The number of hydrogen-bond donors (Lipinski definition) is 1. The molecule has 4 rings (SSSR count). The van der Waals surface area contributed by atoms with Gasteiger partial charge in [0.25, 0.3) is 0 Å². The molecule has 0 radical (unpaired) electrons. The lowest BCUT2D eigenvalue weighted by atomic mass is 10.0. The summed E-state index contributed by atoms with van der Waals surface area (Å²) in [4.78, 5) is 20.9. The fourth-order valence-electron chi connectivity index (χ4n) is 4.32. The summed E-state index contributed by atoms with van der Waals surface area (Å²) in [5, 5.41) is 17.2. The molecule has 1 aliphatic heterocycles. The van der Waals surface area contributed by atoms with E-state index >= 15 is 8.78 Å². The predicted molar refractivity (Wildman–Crippen MR) is 149 cm³/mol. The lowest BCUT2D eigenvalue weighted by Gasteiger charge is -2.37. The number of aromatic nitrogens is 1. The molecule has 1 aromatic heterocycles. The molecule has 200 valence electrons. The number of methoxy groups -OCH3 is 2. The normalized spacial score (nSPS) is 13.5. The Morgan fingerprint density at radius 3 is 2.36 bits per heavy atom. The molecular formula is C28H26F2N5O3P. The number of ether oxygens (including phenoxy) is 2. The zero-order valence-corrected chi connectivity index (χ0v) is 22.8. The molecule has 2 amide bonds. The van der Waals surface area contributed by atoms with Crippen molar-refractivity contribution >= 4 is 43.0 Å². The maximum Gasteiger partial charge on any atom is 0.334 e. The summed E-state index contributed by atoms with van der Waals surface area (Å²) < 4.78 is 41.1. The number of rotatable bonds is 8. The summed E-state index contributed by atoms with van der Waals surface area (Å²) in [5.74, 6) is -0.744. The van der Waals surface area contributed by atoms with Crippen LogP contribution in [0.1, 0.15) is 23.7 Å². The van der Waals surface area contributed by atoms with E-state index in [4.69, 9.17) is 20.1 Å². The van der Waals surface area contributed by atoms with Gasteiger partial charge >= 0.3 is 6.03 Å². The van der Waals surface area contributed by atoms with Gasteiger partial charge in [-0.1, -0.05) is 17.9 Å². The molecule has 8 nitrogen and oxygen atoms in total. The molecule has 3 aromatic rings. The standard InChI is InChI=1S/C28H26F2N5O3P/c1-16(32)20(15-39-4)21-11-22-18(13-33-21)14-34(27-25(29)23(37-2)12-24(38-3)26(27)30)28(36)35(22)19-7-5-17(6-8-19)9-10-31/h5-8,11-13,15,32,39H,9,14H2,1-4H3/b20-15+,32-16?. The second kappa shape index (κ2) is 11.6. The zero-order chi connectivity index (χ0) is 28.3. The van der Waals surface area contributed by atoms with Gasteiger partial charge in [0.15, 0.2) is 23.1 Å². The molecule has 1 unspecified atom stereocenters. The molecular weight excluding hydrogens is 523 g/mol. The molecule has 2 heterocycles. The smallest absolute Gasteiger partial charge is 0.334 e. The second-order valence-electron chi connectivity index (χ2n) is 8.63. The van der Waals surface area contributed by atoms with Crippen molar-refractivity contribution in [3.63, 3.8) is 0 Å². The van der Waals surface area contributed by atoms with Gasteiger partial charge in [-0.25, -0.2) is 13.6 Å². The van der Waals surface area contributed by atoms with Crippen LogP contribution in [0, 0.1) is 28.4 Å². The van der Waals surface area contributed by atoms with Gasteiger partial charge in [-0.05, 0) is 37.4 Å². The van der Waals surface area contributed by atoms with Crippen molar-refractivity contribution < 1.29 is 23.0 Å². The number of carbonyl (C=O) groups excluding carboxylic acids is 1. The first-order valence-corrected chi connectivity index (χ1v) is 13.4. The highest BCUT2D eigenvalue weighted by atomic mass is 31.1. The van der Waals surface area contributed by atoms with Crippen LogP contribution in [0.3, 0.4) is 0 Å². The van der Waals surface area contributed by atoms with E-state index in [-0.39, 0.29) is 24.5 Å². The molecule has 0 fully saturated rings. The van der Waals surface area contributed by atoms with Crippen LogP contribution in [0.4, 0.5) is 30.6 Å². The Bertz CT molecular complexity index is 1490. The summed E-state index contributed by atoms with van der Waals surface area (Å²) in [6, 6.07) is 10.9. The van der Waals surface area contributed by atoms with Gasteiger partial charge in [-0.15, -0.1) is 8.58 Å². The van der Waals surface area contributed by atoms with E-state index in [1.165, 1.54) is 19.1 Å². The fourth-order valence-corrected chi connectivity index (χ4v) is 4.97. The van der Waals surface area contributed by atoms with Gasteiger partial charge in [0.05, 0.1) is 50.3 Å². The first kappa shape index (κ1) is 27.7. The van der Waals surface area contributed by atoms with Gasteiger partial charge in [-0.3, -0.25) is 14.8 Å². The molecule has 0 saturated heterocycles. The van der Waals surface area contributed by atoms with E-state index in [1.807, 2.05) is 12.5 Å². The monoisotopic (exact) mass is 549 g/mol. The number of halogens is 2. The highest BCUT2D eigenvalue weighted by Crippen LogP contribution is 2.43. The number of urea groups is 1. The minimum atomic E-state index is -1.05. The van der Waals surface area contributed by atoms with Crippen LogP contribution < -0.4 is 19.3 Å². The topological polar surface area (TPSA) is 103 Å². The van der Waals surface area contributed by atoms with E-state index in [2.05, 4.69) is 11.1 Å². The number of fused-ring (bicyclic) bond motifs is 1. The number of amides is 2. The third-order valence-electron chi connectivity index (χ3n) is 6.22. The van der Waals surface area contributed by atoms with E-state index in [9.17, 15) is 4.79 Å². The van der Waals surface area contributed by atoms with E-state index < -0.39 is 23.4 Å². The Balaban J connectivity index is 1.94. The minimum Gasteiger partial charge on any atom is -0.493 e. The predicted octanol–water partition coefficient (Wildman–Crippen LogP) is 6.41. The molecule has 1 atom stereocenters. The molecule has 0 spiro atoms. The van der Waals surface area contributed by atoms with Crippen LogP contribution >= 0.6 is 8.58 Å². The van der Waals surface area contributed by atoms with Crippen molar-refractivity contribution in [1.82, 2.24) is 4.98 Å². The van der Waals surface area contributed by atoms with E-state index in [0.717, 1.165) is 16.5 Å². The zero-order valence-electron chi connectivity index (χ0n) is 21.8. The van der Waals surface area contributed by atoms with Gasteiger partial charge in [-0.2, -0.15) is 5.26 Å². The van der Waals surface area contributed by atoms with Crippen molar-refractivity contribution in [3.8, 4) is 17.6 Å². The van der Waals surface area contributed by atoms with Crippen molar-refractivity contribution in [2.24, 2.45) is 0 Å². The van der Waals surface area contributed by atoms with Gasteiger partial charge in [0.2, 0.25) is 0 Å². The van der Waals surface area contributed by atoms with Crippen LogP contribution in [-0.2, 0) is 13.0 Å². The molecule has 11 heteroatoms. The summed E-state index contributed by atoms with van der Waals surface area (Å²) in [7, 11) is 2.91. The molecule has 0 bridgehead atoms. The first-order valence-electron chi connectivity index (χ1n) is 11.8. The average Bonchev–Trinajstić information content (AvgIpc) is 2.93. The highest BCUT2D eigenvalue weighted by Gasteiger charge is 2.37. The number of pyridine rings is 1. The molecule has 2 aromatic carbocycles. The van der Waals surface area contributed by atoms with Crippen LogP contribution in [0.25, 0.3) is 5.57 Å². The molecule has 1 N–H and O–H groups in total. The largest absolute Gasteiger partial charge is 0.493 e. The summed E-state index contributed by atoms with van der Waals surface area (Å²) in [6.07, 6.45) is 1.74. The van der Waals surface area contributed by atoms with Crippen LogP contribution in [0.15, 0.2) is 48.4 Å². The lowest BCUT2D eigenvalue weighted by molar-refractivity contribution is 0.251. The Morgan fingerprint density at radius 2 is 1.82 bits per heavy atom. The van der Waals surface area contributed by atoms with Crippen LogP contribution in [0.2, 0.25) is 0 Å². The van der Waals surface area contributed by atoms with Gasteiger partial charge in [0, 0.05) is 29.1 Å². The Kier molecular flexibility index (Phi) is 8.22. The summed E-state index contributed by atoms with van der Waals surface area (Å²) >= 11 is 0. The fraction of sp³-hybridized carbons (Fsp3) is 0.214. The third kappa shape index (κ3) is 5.18. The molecule has 0 aliphatic carbocycles. The van der Waals surface area contributed by atoms with Gasteiger partial charge < -0.3 is 14.9 Å². The number of anilines is 3. The Hall–Kier alpha value is -4.35. The Labute approximate surface area is 226 Å². The van der Waals surface area contributed by atoms with Crippen molar-refractivity contribution in [1.29, 1.82) is 10.7 Å². The molecule has 39 heavy (non-hydrogen) atoms. The van der Waals surface area contributed by atoms with Gasteiger partial charge in [0.1, 0.15) is 5.69 Å². The van der Waals surface area contributed by atoms with E-state index in [0.29, 0.717) is 42.5 Å². The number of nitrogens with one attached hydrogen (secondary N) is 1. The number of nitrogens with zero attached hydrogens (tertiary/aromatic N) is 4. The number of benzene rings is 2. The quantitative estimate of drug-likeness (QED) is 0.258. The van der Waals surface area contributed by atoms with Crippen molar-refractivity contribution in [2.45, 2.75) is 19.9 Å². The third-order valence-corrected chi connectivity index (χ3v) is 6.80. The highest BCUT2D eigenvalue weighted by molar-refractivity contribution is 7.41. The summed E-state index contributed by atoms with van der Waals surface area (Å²) in [6.45, 7) is 3.46. The van der Waals surface area contributed by atoms with Crippen molar-refractivity contribution in [3.05, 3.63) is 76.9 Å². The van der Waals surface area contributed by atoms with Crippen molar-refractivity contribution in [2.75, 3.05) is 30.7 Å². The SMILES string of the molecule is COc1cc(OC)c(F)c(N2Cc3cnc(/C(=C/PC)C(C)=N)cc3N(c3ccc(CC#N)cc3)C2=O)c1F. The van der Waals surface area contributed by atoms with Crippen LogP contribution in [-0.4, -0.2) is 37.6 Å². The maximum atomic E-state index is 15.5. The number of carbonyl (C=O) groups is 1. The average molecular weight is 550 g/mol. The number of allylic oxidation sites excluding steroid dienone is 1. The Morgan fingerprint density at radius 1 is 1.18 bits per heavy atom. The lowest BCUT2D eigenvalue weighted by Crippen LogP contribution is -2.46. The maximum absolute atomic E-state index is 15.5.